The molecule has 54 heavy (non-hydrogen) atoms. The molecule has 2 aromatic heterocycles. The normalized spacial score (nSPS) is 13.8. The van der Waals surface area contributed by atoms with E-state index in [2.05, 4.69) is 178 Å². The molecule has 0 atom stereocenters. The highest BCUT2D eigenvalue weighted by Gasteiger charge is 2.19. The van der Waals surface area contributed by atoms with Crippen LogP contribution in [0.25, 0.3) is 82.9 Å². The lowest BCUT2D eigenvalue weighted by Crippen LogP contribution is -2.18. The first-order valence-corrected chi connectivity index (χ1v) is 19.5. The SMILES string of the molecule is C=Cc1ccccc1C(=C)c1ccccccc(C2=CC(C/C=c3\c(=C/C)sc4c5oc6ccccc6c5c5ccccc5c34)=CCC2)c2ccccc12. The summed E-state index contributed by atoms with van der Waals surface area (Å²) in [7, 11) is 0. The van der Waals surface area contributed by atoms with Crippen LogP contribution in [0.5, 0.6) is 0 Å². The molecule has 9 rings (SSSR count). The number of thiophene rings is 1. The van der Waals surface area contributed by atoms with Crippen molar-refractivity contribution in [1.82, 2.24) is 0 Å². The summed E-state index contributed by atoms with van der Waals surface area (Å²) in [4.78, 5) is 0. The Kier molecular flexibility index (Phi) is 8.90. The second-order valence-electron chi connectivity index (χ2n) is 13.9. The lowest BCUT2D eigenvalue weighted by Gasteiger charge is -2.16. The minimum Gasteiger partial charge on any atom is -0.455 e. The largest absolute Gasteiger partial charge is 0.455 e. The standard InChI is InChI=1S/C52H40OS/c1-4-36-20-10-11-22-38(36)34(3)39-23-8-6-7-9-24-40(42-26-13-12-25-41(39)42)37-21-18-19-35(33-37)31-32-46-48(5-2)54-52-50(46)44-28-15-14-27-43(44)49-45-29-16-17-30-47(45)53-51(49)52/h4-17,19-20,22-30,32-33H,1,3,18,21,31H2,2H3/b7-6?,8-6?,9-7?,23-8?,24-9?,39-23?,40-24?,41-39?,42-40?,46-32+,48-5+. The first-order valence-electron chi connectivity index (χ1n) is 18.7. The van der Waals surface area contributed by atoms with Crippen LogP contribution in [-0.2, 0) is 0 Å². The molecular formula is C52H40OS. The summed E-state index contributed by atoms with van der Waals surface area (Å²) in [5.41, 5.74) is 10.1. The maximum absolute atomic E-state index is 6.62. The number of rotatable bonds is 6. The number of hydrogen-bond acceptors (Lipinski definition) is 2. The van der Waals surface area contributed by atoms with Gasteiger partial charge >= 0.3 is 0 Å². The van der Waals surface area contributed by atoms with Gasteiger partial charge in [0.2, 0.25) is 0 Å². The molecule has 0 saturated heterocycles. The highest BCUT2D eigenvalue weighted by molar-refractivity contribution is 7.18. The zero-order valence-corrected chi connectivity index (χ0v) is 31.3. The van der Waals surface area contributed by atoms with Crippen molar-refractivity contribution in [2.75, 3.05) is 0 Å². The maximum Gasteiger partial charge on any atom is 0.153 e. The highest BCUT2D eigenvalue weighted by Crippen LogP contribution is 2.41. The van der Waals surface area contributed by atoms with Crippen molar-refractivity contribution < 1.29 is 4.42 Å². The fourth-order valence-corrected chi connectivity index (χ4v) is 9.43. The van der Waals surface area contributed by atoms with Crippen molar-refractivity contribution in [3.8, 4) is 0 Å². The monoisotopic (exact) mass is 712 g/mol. The second-order valence-corrected chi connectivity index (χ2v) is 14.9. The summed E-state index contributed by atoms with van der Waals surface area (Å²) in [6.07, 6.45) is 14.3. The Morgan fingerprint density at radius 3 is 2.15 bits per heavy atom. The lowest BCUT2D eigenvalue weighted by atomic mass is 9.88. The van der Waals surface area contributed by atoms with E-state index >= 15 is 0 Å². The Labute approximate surface area is 319 Å². The molecule has 6 aromatic carbocycles. The van der Waals surface area contributed by atoms with Gasteiger partial charge in [-0.1, -0.05) is 171 Å². The van der Waals surface area contributed by atoms with Gasteiger partial charge in [-0.2, -0.15) is 0 Å². The van der Waals surface area contributed by atoms with Crippen molar-refractivity contribution in [3.63, 3.8) is 0 Å². The van der Waals surface area contributed by atoms with Crippen LogP contribution in [0.15, 0.2) is 169 Å². The van der Waals surface area contributed by atoms with E-state index in [4.69, 9.17) is 4.42 Å². The topological polar surface area (TPSA) is 13.1 Å². The van der Waals surface area contributed by atoms with Crippen LogP contribution >= 0.6 is 11.3 Å². The van der Waals surface area contributed by atoms with Gasteiger partial charge in [-0.3, -0.25) is 0 Å². The molecule has 0 spiro atoms. The third kappa shape index (κ3) is 5.80. The number of benzene rings is 5. The quantitative estimate of drug-likeness (QED) is 0.167. The molecule has 0 amide bonds. The molecule has 8 aromatic rings. The fourth-order valence-electron chi connectivity index (χ4n) is 8.24. The molecular weight excluding hydrogens is 673 g/mol. The molecule has 0 bridgehead atoms. The maximum atomic E-state index is 6.62. The second kappa shape index (κ2) is 14.3. The van der Waals surface area contributed by atoms with Gasteiger partial charge in [-0.05, 0) is 98.0 Å². The molecule has 1 aliphatic carbocycles. The van der Waals surface area contributed by atoms with Gasteiger partial charge in [0.1, 0.15) is 5.58 Å². The molecule has 0 N–H and O–H groups in total. The molecule has 1 aliphatic rings. The molecule has 260 valence electrons. The first-order chi connectivity index (χ1) is 26.6. The molecule has 2 heterocycles. The van der Waals surface area contributed by atoms with Gasteiger partial charge in [0.25, 0.3) is 0 Å². The summed E-state index contributed by atoms with van der Waals surface area (Å²) >= 11 is 1.84. The fraction of sp³-hybridized carbons (Fsp3) is 0.0769. The molecule has 1 nitrogen and oxygen atoms in total. The Balaban J connectivity index is 1.19. The van der Waals surface area contributed by atoms with Gasteiger partial charge in [-0.15, -0.1) is 11.3 Å². The zero-order valence-electron chi connectivity index (χ0n) is 30.4. The van der Waals surface area contributed by atoms with Gasteiger partial charge in [0.05, 0.1) is 4.70 Å². The first kappa shape index (κ1) is 33.6. The van der Waals surface area contributed by atoms with Crippen LogP contribution in [0.1, 0.15) is 48.4 Å². The van der Waals surface area contributed by atoms with Gasteiger partial charge in [0, 0.05) is 20.7 Å². The average molecular weight is 713 g/mol. The van der Waals surface area contributed by atoms with E-state index in [1.165, 1.54) is 68.9 Å². The minimum atomic E-state index is 0.844. The van der Waals surface area contributed by atoms with Gasteiger partial charge in [0.15, 0.2) is 5.58 Å². The summed E-state index contributed by atoms with van der Waals surface area (Å²) in [6.45, 7) is 10.9. The minimum absolute atomic E-state index is 0.844. The van der Waals surface area contributed by atoms with Crippen LogP contribution in [0, 0.1) is 0 Å². The predicted octanol–water partition coefficient (Wildman–Crippen LogP) is 13.7. The van der Waals surface area contributed by atoms with E-state index in [0.29, 0.717) is 0 Å². The van der Waals surface area contributed by atoms with Crippen molar-refractivity contribution in [1.29, 1.82) is 0 Å². The van der Waals surface area contributed by atoms with E-state index in [1.807, 2.05) is 17.4 Å². The highest BCUT2D eigenvalue weighted by atomic mass is 32.1. The van der Waals surface area contributed by atoms with Crippen molar-refractivity contribution in [3.05, 3.63) is 196 Å². The molecule has 0 aliphatic heterocycles. The lowest BCUT2D eigenvalue weighted by molar-refractivity contribution is 0.673. The van der Waals surface area contributed by atoms with Crippen LogP contribution in [0.4, 0.5) is 0 Å². The number of fused-ring (bicyclic) bond motifs is 9. The molecule has 0 fully saturated rings. The average Bonchev–Trinajstić information content (AvgIpc) is 3.81. The third-order valence-electron chi connectivity index (χ3n) is 10.8. The van der Waals surface area contributed by atoms with E-state index in [0.717, 1.165) is 52.7 Å². The Morgan fingerprint density at radius 2 is 1.35 bits per heavy atom. The van der Waals surface area contributed by atoms with Crippen molar-refractivity contribution in [2.24, 2.45) is 0 Å². The van der Waals surface area contributed by atoms with E-state index in [1.54, 1.807) is 0 Å². The van der Waals surface area contributed by atoms with Crippen molar-refractivity contribution in [2.45, 2.75) is 26.2 Å². The Bertz CT molecular complexity index is 3070. The van der Waals surface area contributed by atoms with Gasteiger partial charge < -0.3 is 4.42 Å². The van der Waals surface area contributed by atoms with Crippen LogP contribution in [-0.4, -0.2) is 0 Å². The molecule has 0 radical (unpaired) electrons. The number of furan rings is 1. The van der Waals surface area contributed by atoms with Crippen molar-refractivity contribution >= 4 is 94.3 Å². The van der Waals surface area contributed by atoms with Crippen LogP contribution < -0.4 is 9.75 Å². The predicted molar refractivity (Wildman–Crippen MR) is 237 cm³/mol. The van der Waals surface area contributed by atoms with E-state index < -0.39 is 0 Å². The summed E-state index contributed by atoms with van der Waals surface area (Å²) in [5, 5.41) is 9.88. The smallest absolute Gasteiger partial charge is 0.153 e. The Morgan fingerprint density at radius 1 is 0.704 bits per heavy atom. The zero-order chi connectivity index (χ0) is 36.6. The van der Waals surface area contributed by atoms with Crippen LogP contribution in [0.2, 0.25) is 0 Å². The van der Waals surface area contributed by atoms with Crippen LogP contribution in [0.3, 0.4) is 0 Å². The summed E-state index contributed by atoms with van der Waals surface area (Å²) in [6, 6.07) is 47.4. The number of para-hydroxylation sites is 1. The number of hydrogen-bond donors (Lipinski definition) is 0. The molecule has 0 unspecified atom stereocenters. The number of allylic oxidation sites excluding steroid dienone is 4. The van der Waals surface area contributed by atoms with Gasteiger partial charge in [-0.25, -0.2) is 0 Å². The molecule has 0 saturated carbocycles. The molecule has 2 heteroatoms. The van der Waals surface area contributed by atoms with E-state index in [9.17, 15) is 0 Å². The summed E-state index contributed by atoms with van der Waals surface area (Å²) in [5.74, 6) is 0. The third-order valence-corrected chi connectivity index (χ3v) is 12.0. The Hall–Kier alpha value is -6.22. The summed E-state index contributed by atoms with van der Waals surface area (Å²) < 4.78 is 9.12. The van der Waals surface area contributed by atoms with E-state index in [-0.39, 0.29) is 0 Å².